The number of nitrogens with one attached hydrogen (secondary N) is 2. The van der Waals surface area contributed by atoms with Crippen molar-refractivity contribution in [3.63, 3.8) is 0 Å². The Balaban J connectivity index is 2.63. The van der Waals surface area contributed by atoms with E-state index in [0.29, 0.717) is 11.3 Å². The van der Waals surface area contributed by atoms with E-state index in [2.05, 4.69) is 10.6 Å². The van der Waals surface area contributed by atoms with Crippen LogP contribution in [0.4, 0.5) is 10.5 Å². The van der Waals surface area contributed by atoms with Crippen LogP contribution in [0.5, 0.6) is 0 Å². The van der Waals surface area contributed by atoms with E-state index in [1.54, 1.807) is 31.2 Å². The van der Waals surface area contributed by atoms with Crippen LogP contribution < -0.4 is 10.6 Å². The molecule has 1 aromatic rings. The molecule has 20 heavy (non-hydrogen) atoms. The summed E-state index contributed by atoms with van der Waals surface area (Å²) in [6, 6.07) is 5.50. The molecule has 0 heterocycles. The van der Waals surface area contributed by atoms with E-state index in [-0.39, 0.29) is 11.5 Å². The Bertz CT molecular complexity index is 611. The summed E-state index contributed by atoms with van der Waals surface area (Å²) in [5, 5.41) is 5.08. The van der Waals surface area contributed by atoms with E-state index in [1.165, 1.54) is 6.92 Å². The minimum absolute atomic E-state index is 0.0977. The van der Waals surface area contributed by atoms with E-state index in [1.807, 2.05) is 0 Å². The lowest BCUT2D eigenvalue weighted by Crippen LogP contribution is -2.39. The van der Waals surface area contributed by atoms with Crippen LogP contribution in [-0.2, 0) is 9.84 Å². The maximum absolute atomic E-state index is 11.7. The Morgan fingerprint density at radius 2 is 1.95 bits per heavy atom. The summed E-state index contributed by atoms with van der Waals surface area (Å²) in [4.78, 5) is 22.9. The number of ketones is 1. The third kappa shape index (κ3) is 5.83. The van der Waals surface area contributed by atoms with Crippen LogP contribution in [0.1, 0.15) is 24.2 Å². The van der Waals surface area contributed by atoms with Crippen LogP contribution in [0.3, 0.4) is 0 Å². The van der Waals surface area contributed by atoms with E-state index < -0.39 is 21.9 Å². The predicted molar refractivity (Wildman–Crippen MR) is 77.8 cm³/mol. The second kappa shape index (κ2) is 6.51. The average Bonchev–Trinajstić information content (AvgIpc) is 2.25. The smallest absolute Gasteiger partial charge is 0.319 e. The Kier molecular flexibility index (Phi) is 5.26. The lowest BCUT2D eigenvalue weighted by atomic mass is 10.1. The molecular formula is C13H18N2O4S. The van der Waals surface area contributed by atoms with E-state index in [9.17, 15) is 18.0 Å². The van der Waals surface area contributed by atoms with Gasteiger partial charge >= 0.3 is 6.03 Å². The quantitative estimate of drug-likeness (QED) is 0.805. The number of amides is 2. The molecule has 110 valence electrons. The molecule has 0 bridgehead atoms. The van der Waals surface area contributed by atoms with Crippen LogP contribution in [-0.4, -0.2) is 38.3 Å². The summed E-state index contributed by atoms with van der Waals surface area (Å²) in [6.45, 7) is 3.04. The van der Waals surface area contributed by atoms with Gasteiger partial charge in [-0.3, -0.25) is 4.79 Å². The first-order valence-corrected chi connectivity index (χ1v) is 8.09. The second-order valence-corrected chi connectivity index (χ2v) is 6.91. The van der Waals surface area contributed by atoms with Crippen LogP contribution >= 0.6 is 0 Å². The molecule has 1 aromatic carbocycles. The number of hydrogen-bond donors (Lipinski definition) is 2. The van der Waals surface area contributed by atoms with Gasteiger partial charge in [-0.15, -0.1) is 0 Å². The van der Waals surface area contributed by atoms with Crippen molar-refractivity contribution in [2.75, 3.05) is 17.3 Å². The van der Waals surface area contributed by atoms with Gasteiger partial charge in [0.2, 0.25) is 0 Å². The number of Topliss-reactive ketones (excluding diaryl/α,β-unsaturated/α-hetero) is 1. The molecule has 2 N–H and O–H groups in total. The van der Waals surface area contributed by atoms with E-state index in [4.69, 9.17) is 0 Å². The van der Waals surface area contributed by atoms with Crippen molar-refractivity contribution < 1.29 is 18.0 Å². The number of rotatable bonds is 5. The molecule has 0 aliphatic heterocycles. The topological polar surface area (TPSA) is 92.3 Å². The van der Waals surface area contributed by atoms with Crippen LogP contribution in [0, 0.1) is 0 Å². The normalized spacial score (nSPS) is 12.6. The monoisotopic (exact) mass is 298 g/mol. The zero-order valence-corrected chi connectivity index (χ0v) is 12.5. The minimum Gasteiger partial charge on any atom is -0.334 e. The van der Waals surface area contributed by atoms with Crippen molar-refractivity contribution >= 4 is 27.3 Å². The SMILES string of the molecule is CC(=O)c1cccc(NC(=O)NC(C)CS(C)(=O)=O)c1. The summed E-state index contributed by atoms with van der Waals surface area (Å²) in [5.74, 6) is -0.229. The highest BCUT2D eigenvalue weighted by Gasteiger charge is 2.13. The number of anilines is 1. The molecule has 1 atom stereocenters. The van der Waals surface area contributed by atoms with Crippen molar-refractivity contribution in [1.82, 2.24) is 5.32 Å². The van der Waals surface area contributed by atoms with Gasteiger partial charge in [0.25, 0.3) is 0 Å². The van der Waals surface area contributed by atoms with Gasteiger partial charge in [-0.2, -0.15) is 0 Å². The fourth-order valence-electron chi connectivity index (χ4n) is 1.70. The Hall–Kier alpha value is -1.89. The number of carbonyl (C=O) groups excluding carboxylic acids is 2. The van der Waals surface area contributed by atoms with Gasteiger partial charge in [0.1, 0.15) is 9.84 Å². The molecule has 0 saturated heterocycles. The highest BCUT2D eigenvalue weighted by atomic mass is 32.2. The maximum atomic E-state index is 11.7. The van der Waals surface area contributed by atoms with Gasteiger partial charge in [-0.05, 0) is 26.0 Å². The predicted octanol–water partition coefficient (Wildman–Crippen LogP) is 1.44. The molecule has 6 nitrogen and oxygen atoms in total. The van der Waals surface area contributed by atoms with Crippen LogP contribution in [0.25, 0.3) is 0 Å². The first-order chi connectivity index (χ1) is 9.17. The Morgan fingerprint density at radius 1 is 1.30 bits per heavy atom. The molecule has 1 unspecified atom stereocenters. The molecule has 0 saturated carbocycles. The lowest BCUT2D eigenvalue weighted by Gasteiger charge is -2.13. The summed E-state index contributed by atoms with van der Waals surface area (Å²) >= 11 is 0. The molecule has 0 aromatic heterocycles. The lowest BCUT2D eigenvalue weighted by molar-refractivity contribution is 0.101. The number of benzene rings is 1. The van der Waals surface area contributed by atoms with Gasteiger partial charge in [0, 0.05) is 23.5 Å². The molecule has 0 spiro atoms. The Labute approximate surface area is 118 Å². The first kappa shape index (κ1) is 16.2. The fraction of sp³-hybridized carbons (Fsp3) is 0.385. The largest absolute Gasteiger partial charge is 0.334 e. The van der Waals surface area contributed by atoms with Crippen molar-refractivity contribution in [3.05, 3.63) is 29.8 Å². The average molecular weight is 298 g/mol. The zero-order chi connectivity index (χ0) is 15.3. The number of sulfone groups is 1. The highest BCUT2D eigenvalue weighted by Crippen LogP contribution is 2.11. The van der Waals surface area contributed by atoms with Crippen molar-refractivity contribution in [2.45, 2.75) is 19.9 Å². The molecular weight excluding hydrogens is 280 g/mol. The standard InChI is InChI=1S/C13H18N2O4S/c1-9(8-20(3,18)19)14-13(17)15-12-6-4-5-11(7-12)10(2)16/h4-7,9H,8H2,1-3H3,(H2,14,15,17). The van der Waals surface area contributed by atoms with E-state index >= 15 is 0 Å². The van der Waals surface area contributed by atoms with Crippen molar-refractivity contribution in [2.24, 2.45) is 0 Å². The fourth-order valence-corrected chi connectivity index (χ4v) is 2.69. The summed E-state index contributed by atoms with van der Waals surface area (Å²) in [7, 11) is -3.15. The first-order valence-electron chi connectivity index (χ1n) is 6.03. The van der Waals surface area contributed by atoms with Crippen LogP contribution in [0.2, 0.25) is 0 Å². The highest BCUT2D eigenvalue weighted by molar-refractivity contribution is 7.90. The van der Waals surface area contributed by atoms with Gasteiger partial charge in [-0.1, -0.05) is 12.1 Å². The van der Waals surface area contributed by atoms with Crippen molar-refractivity contribution in [1.29, 1.82) is 0 Å². The van der Waals surface area contributed by atoms with Gasteiger partial charge in [0.15, 0.2) is 5.78 Å². The zero-order valence-electron chi connectivity index (χ0n) is 11.6. The van der Waals surface area contributed by atoms with Gasteiger partial charge < -0.3 is 10.6 Å². The number of carbonyl (C=O) groups is 2. The molecule has 1 rings (SSSR count). The molecule has 2 amide bonds. The molecule has 0 radical (unpaired) electrons. The third-order valence-electron chi connectivity index (χ3n) is 2.46. The second-order valence-electron chi connectivity index (χ2n) is 4.73. The van der Waals surface area contributed by atoms with Crippen LogP contribution in [0.15, 0.2) is 24.3 Å². The molecule has 7 heteroatoms. The Morgan fingerprint density at radius 3 is 2.50 bits per heavy atom. The van der Waals surface area contributed by atoms with Gasteiger partial charge in [0.05, 0.1) is 5.75 Å². The summed E-state index contributed by atoms with van der Waals surface area (Å²) in [6.07, 6.45) is 1.11. The summed E-state index contributed by atoms with van der Waals surface area (Å²) < 4.78 is 22.2. The van der Waals surface area contributed by atoms with E-state index in [0.717, 1.165) is 6.26 Å². The molecule has 0 aliphatic carbocycles. The molecule has 0 aliphatic rings. The number of hydrogen-bond acceptors (Lipinski definition) is 4. The van der Waals surface area contributed by atoms with Crippen molar-refractivity contribution in [3.8, 4) is 0 Å². The minimum atomic E-state index is -3.15. The van der Waals surface area contributed by atoms with Gasteiger partial charge in [-0.25, -0.2) is 13.2 Å². The maximum Gasteiger partial charge on any atom is 0.319 e. The molecule has 0 fully saturated rings. The third-order valence-corrected chi connectivity index (χ3v) is 3.56. The summed E-state index contributed by atoms with van der Waals surface area (Å²) in [5.41, 5.74) is 0.966. The number of urea groups is 1.